The van der Waals surface area contributed by atoms with Gasteiger partial charge in [-0.1, -0.05) is 24.3 Å². The second-order valence-corrected chi connectivity index (χ2v) is 11.8. The zero-order valence-corrected chi connectivity index (χ0v) is 20.9. The number of hydrogen-bond donors (Lipinski definition) is 0. The van der Waals surface area contributed by atoms with E-state index in [1.165, 1.54) is 0 Å². The second-order valence-electron chi connectivity index (χ2n) is 9.25. The summed E-state index contributed by atoms with van der Waals surface area (Å²) in [4.78, 5) is 15.2. The minimum atomic E-state index is -3.33. The average molecular weight is 489 g/mol. The van der Waals surface area contributed by atoms with Crippen LogP contribution in [0.5, 0.6) is 0 Å². The lowest BCUT2D eigenvalue weighted by Gasteiger charge is -2.18. The molecule has 3 heterocycles. The summed E-state index contributed by atoms with van der Waals surface area (Å²) in [5.41, 5.74) is 4.85. The summed E-state index contributed by atoms with van der Waals surface area (Å²) in [6.45, 7) is 6.31. The average Bonchev–Trinajstić information content (AvgIpc) is 3.55. The second kappa shape index (κ2) is 8.85. The predicted molar refractivity (Wildman–Crippen MR) is 134 cm³/mol. The van der Waals surface area contributed by atoms with Crippen LogP contribution in [0.25, 0.3) is 11.5 Å². The van der Waals surface area contributed by atoms with E-state index in [4.69, 9.17) is 5.10 Å². The van der Waals surface area contributed by atoms with Gasteiger partial charge < -0.3 is 9.47 Å². The summed E-state index contributed by atoms with van der Waals surface area (Å²) in [7, 11) is -3.33. The van der Waals surface area contributed by atoms with Crippen LogP contribution in [0.3, 0.4) is 0 Å². The molecule has 0 spiro atoms. The summed E-state index contributed by atoms with van der Waals surface area (Å²) < 4.78 is 28.7. The summed E-state index contributed by atoms with van der Waals surface area (Å²) in [6, 6.07) is 18.8. The number of hydrogen-bond acceptors (Lipinski definition) is 4. The Balaban J connectivity index is 1.38. The third-order valence-electron chi connectivity index (χ3n) is 6.40. The number of carbonyl (C=O) groups is 1. The van der Waals surface area contributed by atoms with Crippen LogP contribution >= 0.6 is 0 Å². The molecule has 8 heteroatoms. The molecule has 4 aromatic rings. The topological polar surface area (TPSA) is 77.2 Å². The molecule has 0 radical (unpaired) electrons. The molecule has 0 saturated carbocycles. The Morgan fingerprint density at radius 1 is 1.00 bits per heavy atom. The van der Waals surface area contributed by atoms with E-state index in [9.17, 15) is 13.2 Å². The van der Waals surface area contributed by atoms with E-state index in [2.05, 4.69) is 19.1 Å². The molecule has 1 aliphatic heterocycles. The maximum Gasteiger partial charge on any atom is 0.227 e. The maximum atomic E-state index is 13.1. The number of nitrogens with zero attached hydrogens (tertiary/aromatic N) is 4. The highest BCUT2D eigenvalue weighted by molar-refractivity contribution is 7.92. The van der Waals surface area contributed by atoms with Gasteiger partial charge in [-0.2, -0.15) is 5.10 Å². The van der Waals surface area contributed by atoms with Crippen molar-refractivity contribution in [2.75, 3.05) is 0 Å². The minimum Gasteiger partial charge on any atom is -0.332 e. The number of aromatic nitrogens is 3. The van der Waals surface area contributed by atoms with E-state index in [1.807, 2.05) is 50.8 Å². The fourth-order valence-corrected chi connectivity index (χ4v) is 5.47. The first-order valence-electron chi connectivity index (χ1n) is 11.7. The van der Waals surface area contributed by atoms with Gasteiger partial charge in [-0.25, -0.2) is 13.1 Å². The molecule has 0 N–H and O–H groups in total. The minimum absolute atomic E-state index is 0.0111. The molecular weight excluding hydrogens is 460 g/mol. The molecule has 35 heavy (non-hydrogen) atoms. The SMILES string of the molecule is Cc1cccc(-n2nc3c(c2-n2cccc2)CN(C(=O)Cc2ccc(S(=O)(=O)C(C)C)cc2)C3)c1. The van der Waals surface area contributed by atoms with Crippen molar-refractivity contribution < 1.29 is 13.2 Å². The van der Waals surface area contributed by atoms with Crippen molar-refractivity contribution in [2.24, 2.45) is 0 Å². The van der Waals surface area contributed by atoms with Crippen molar-refractivity contribution in [1.29, 1.82) is 0 Å². The molecular formula is C27H28N4O3S. The zero-order valence-electron chi connectivity index (χ0n) is 20.0. The highest BCUT2D eigenvalue weighted by atomic mass is 32.2. The molecule has 0 bridgehead atoms. The molecule has 2 aromatic heterocycles. The first-order chi connectivity index (χ1) is 16.7. The third kappa shape index (κ3) is 4.30. The van der Waals surface area contributed by atoms with Crippen LogP contribution in [0.15, 0.2) is 78.0 Å². The number of carbonyl (C=O) groups excluding carboxylic acids is 1. The van der Waals surface area contributed by atoms with Gasteiger partial charge in [0.05, 0.1) is 41.0 Å². The third-order valence-corrected chi connectivity index (χ3v) is 8.58. The molecule has 0 atom stereocenters. The van der Waals surface area contributed by atoms with Gasteiger partial charge in [-0.05, 0) is 68.3 Å². The standard InChI is InChI=1S/C27H28N4O3S/c1-19(2)35(33,34)23-11-9-21(10-12-23)16-26(32)30-17-24-25(18-30)28-31(22-8-6-7-20(3)15-22)27(24)29-13-4-5-14-29/h4-15,19H,16-18H2,1-3H3. The van der Waals surface area contributed by atoms with E-state index in [1.54, 1.807) is 38.1 Å². The van der Waals surface area contributed by atoms with Crippen molar-refractivity contribution in [3.63, 3.8) is 0 Å². The lowest BCUT2D eigenvalue weighted by molar-refractivity contribution is -0.131. The predicted octanol–water partition coefficient (Wildman–Crippen LogP) is 4.24. The number of fused-ring (bicyclic) bond motifs is 1. The largest absolute Gasteiger partial charge is 0.332 e. The smallest absolute Gasteiger partial charge is 0.227 e. The quantitative estimate of drug-likeness (QED) is 0.407. The van der Waals surface area contributed by atoms with Gasteiger partial charge in [0.15, 0.2) is 9.84 Å². The Hall–Kier alpha value is -3.65. The summed E-state index contributed by atoms with van der Waals surface area (Å²) in [6.07, 6.45) is 4.19. The lowest BCUT2D eigenvalue weighted by atomic mass is 10.1. The van der Waals surface area contributed by atoms with Crippen LogP contribution in [-0.4, -0.2) is 38.8 Å². The highest BCUT2D eigenvalue weighted by Crippen LogP contribution is 2.31. The molecule has 1 amide bonds. The number of rotatable bonds is 6. The van der Waals surface area contributed by atoms with Crippen molar-refractivity contribution >= 4 is 15.7 Å². The van der Waals surface area contributed by atoms with Crippen LogP contribution in [0.2, 0.25) is 0 Å². The van der Waals surface area contributed by atoms with Crippen LogP contribution < -0.4 is 0 Å². The van der Waals surface area contributed by atoms with Crippen molar-refractivity contribution in [3.8, 4) is 11.5 Å². The van der Waals surface area contributed by atoms with Gasteiger partial charge >= 0.3 is 0 Å². The Bertz CT molecular complexity index is 1480. The monoisotopic (exact) mass is 488 g/mol. The Kier molecular flexibility index (Phi) is 5.84. The molecule has 0 saturated heterocycles. The van der Waals surface area contributed by atoms with Gasteiger partial charge in [0.2, 0.25) is 5.91 Å². The molecule has 5 rings (SSSR count). The van der Waals surface area contributed by atoms with E-state index in [0.717, 1.165) is 33.9 Å². The van der Waals surface area contributed by atoms with Crippen molar-refractivity contribution in [1.82, 2.24) is 19.2 Å². The van der Waals surface area contributed by atoms with Crippen LogP contribution in [-0.2, 0) is 34.1 Å². The Morgan fingerprint density at radius 3 is 2.37 bits per heavy atom. The summed E-state index contributed by atoms with van der Waals surface area (Å²) >= 11 is 0. The van der Waals surface area contributed by atoms with E-state index in [0.29, 0.717) is 13.1 Å². The van der Waals surface area contributed by atoms with Gasteiger partial charge in [0.25, 0.3) is 0 Å². The van der Waals surface area contributed by atoms with Gasteiger partial charge in [-0.15, -0.1) is 0 Å². The van der Waals surface area contributed by atoms with Crippen LogP contribution in [0.4, 0.5) is 0 Å². The fourth-order valence-electron chi connectivity index (χ4n) is 4.41. The van der Waals surface area contributed by atoms with Gasteiger partial charge in [-0.3, -0.25) is 4.79 Å². The maximum absolute atomic E-state index is 13.1. The van der Waals surface area contributed by atoms with E-state index >= 15 is 0 Å². The summed E-state index contributed by atoms with van der Waals surface area (Å²) in [5, 5.41) is 4.40. The first kappa shape index (κ1) is 23.1. The van der Waals surface area contributed by atoms with Crippen molar-refractivity contribution in [2.45, 2.75) is 50.4 Å². The van der Waals surface area contributed by atoms with Gasteiger partial charge in [0, 0.05) is 18.0 Å². The molecule has 180 valence electrons. The fraction of sp³-hybridized carbons (Fsp3) is 0.259. The van der Waals surface area contributed by atoms with E-state index < -0.39 is 15.1 Å². The molecule has 0 unspecified atom stereocenters. The van der Waals surface area contributed by atoms with E-state index in [-0.39, 0.29) is 17.2 Å². The normalized spacial score (nSPS) is 13.4. The number of benzene rings is 2. The lowest BCUT2D eigenvalue weighted by Crippen LogP contribution is -2.28. The molecule has 2 aromatic carbocycles. The van der Waals surface area contributed by atoms with Crippen LogP contribution in [0.1, 0.15) is 36.2 Å². The molecule has 7 nitrogen and oxygen atoms in total. The number of sulfone groups is 1. The molecule has 1 aliphatic rings. The highest BCUT2D eigenvalue weighted by Gasteiger charge is 2.31. The molecule has 0 aliphatic carbocycles. The van der Waals surface area contributed by atoms with Crippen molar-refractivity contribution in [3.05, 3.63) is 95.4 Å². The Morgan fingerprint density at radius 2 is 1.71 bits per heavy atom. The molecule has 0 fully saturated rings. The first-order valence-corrected chi connectivity index (χ1v) is 13.2. The van der Waals surface area contributed by atoms with Gasteiger partial charge in [0.1, 0.15) is 5.82 Å². The zero-order chi connectivity index (χ0) is 24.7. The Labute approximate surface area is 205 Å². The number of amides is 1. The van der Waals surface area contributed by atoms with Crippen LogP contribution in [0, 0.1) is 6.92 Å². The summed E-state index contributed by atoms with van der Waals surface area (Å²) in [5.74, 6) is 0.928. The number of aryl methyl sites for hydroxylation is 1.